The first-order chi connectivity index (χ1) is 10.9. The van der Waals surface area contributed by atoms with Gasteiger partial charge in [-0.25, -0.2) is 0 Å². The zero-order chi connectivity index (χ0) is 17.1. The van der Waals surface area contributed by atoms with E-state index >= 15 is 0 Å². The molecule has 1 unspecified atom stereocenters. The molecule has 0 bridgehead atoms. The van der Waals surface area contributed by atoms with E-state index in [9.17, 15) is 14.7 Å². The largest absolute Gasteiger partial charge is 0.481 e. The third-order valence-electron chi connectivity index (χ3n) is 3.79. The van der Waals surface area contributed by atoms with Crippen molar-refractivity contribution < 1.29 is 19.4 Å². The summed E-state index contributed by atoms with van der Waals surface area (Å²) in [5.41, 5.74) is 1.89. The maximum absolute atomic E-state index is 12.2. The van der Waals surface area contributed by atoms with E-state index in [1.54, 1.807) is 4.90 Å². The summed E-state index contributed by atoms with van der Waals surface area (Å²) >= 11 is 6.72. The second kappa shape index (κ2) is 8.61. The molecule has 1 aromatic rings. The number of carboxylic acids is 1. The maximum Gasteiger partial charge on any atom is 0.306 e. The highest BCUT2D eigenvalue weighted by molar-refractivity contribution is 14.1. The fourth-order valence-corrected chi connectivity index (χ4v) is 6.85. The third-order valence-corrected chi connectivity index (χ3v) is 6.74. The topological polar surface area (TPSA) is 66.8 Å². The molecule has 1 heterocycles. The summed E-state index contributed by atoms with van der Waals surface area (Å²) in [6.45, 7) is 3.03. The molecule has 8 heteroatoms. The molecule has 1 aliphatic rings. The smallest absolute Gasteiger partial charge is 0.306 e. The van der Waals surface area contributed by atoms with Crippen molar-refractivity contribution in [1.82, 2.24) is 0 Å². The minimum atomic E-state index is -0.776. The van der Waals surface area contributed by atoms with Crippen LogP contribution in [0.3, 0.4) is 0 Å². The normalized spacial score (nSPS) is 16.5. The number of carboxylic acid groups (broad SMARTS) is 1. The summed E-state index contributed by atoms with van der Waals surface area (Å²) in [4.78, 5) is 25.3. The second-order valence-electron chi connectivity index (χ2n) is 5.23. The van der Waals surface area contributed by atoms with Crippen LogP contribution in [0.2, 0.25) is 0 Å². The van der Waals surface area contributed by atoms with Gasteiger partial charge in [0.25, 0.3) is 5.91 Å². The van der Waals surface area contributed by atoms with Gasteiger partial charge in [-0.3, -0.25) is 9.59 Å². The van der Waals surface area contributed by atoms with Gasteiger partial charge in [0, 0.05) is 17.3 Å². The third kappa shape index (κ3) is 4.48. The zero-order valence-electron chi connectivity index (χ0n) is 12.4. The molecule has 0 spiro atoms. The molecule has 1 fully saturated rings. The van der Waals surface area contributed by atoms with Gasteiger partial charge in [0.15, 0.2) is 0 Å². The predicted octanol–water partition coefficient (Wildman–Crippen LogP) is 3.52. The van der Waals surface area contributed by atoms with E-state index < -0.39 is 11.9 Å². The highest BCUT2D eigenvalue weighted by atomic mass is 127. The van der Waals surface area contributed by atoms with Gasteiger partial charge in [0.1, 0.15) is 6.61 Å². The summed E-state index contributed by atoms with van der Waals surface area (Å²) in [6.07, 6.45) is 1.06. The van der Waals surface area contributed by atoms with Crippen LogP contribution in [0.25, 0.3) is 0 Å². The van der Waals surface area contributed by atoms with Crippen LogP contribution in [0.15, 0.2) is 6.07 Å². The van der Waals surface area contributed by atoms with Gasteiger partial charge in [-0.1, -0.05) is 6.92 Å². The summed E-state index contributed by atoms with van der Waals surface area (Å²) in [5, 5.41) is 9.34. The Hall–Kier alpha value is 0.310. The average molecular weight is 655 g/mol. The van der Waals surface area contributed by atoms with Gasteiger partial charge < -0.3 is 14.7 Å². The van der Waals surface area contributed by atoms with Crippen LogP contribution < -0.4 is 4.90 Å². The molecule has 1 aromatic carbocycles. The Kier molecular flexibility index (Phi) is 7.35. The molecule has 126 valence electrons. The van der Waals surface area contributed by atoms with Crippen LogP contribution in [0, 0.1) is 16.6 Å². The SMILES string of the molecule is CCC(Cc1c(I)cc(I)c(N2CCOCC2=O)c1I)C(=O)O. The number of benzene rings is 1. The fraction of sp³-hybridized carbons (Fsp3) is 0.467. The molecule has 2 rings (SSSR count). The minimum absolute atomic E-state index is 0.0514. The van der Waals surface area contributed by atoms with E-state index in [0.717, 1.165) is 22.0 Å². The number of carbonyl (C=O) groups excluding carboxylic acids is 1. The lowest BCUT2D eigenvalue weighted by Crippen LogP contribution is -2.42. The monoisotopic (exact) mass is 655 g/mol. The molecule has 5 nitrogen and oxygen atoms in total. The average Bonchev–Trinajstić information content (AvgIpc) is 2.48. The zero-order valence-corrected chi connectivity index (χ0v) is 18.9. The van der Waals surface area contributed by atoms with Crippen molar-refractivity contribution in [3.63, 3.8) is 0 Å². The van der Waals surface area contributed by atoms with E-state index in [-0.39, 0.29) is 12.5 Å². The Morgan fingerprint density at radius 2 is 2.09 bits per heavy atom. The molecule has 1 aliphatic heterocycles. The number of amides is 1. The molecule has 0 radical (unpaired) electrons. The van der Waals surface area contributed by atoms with Crippen molar-refractivity contribution in [2.24, 2.45) is 5.92 Å². The van der Waals surface area contributed by atoms with Crippen LogP contribution in [-0.4, -0.2) is 36.7 Å². The van der Waals surface area contributed by atoms with Gasteiger partial charge in [-0.05, 0) is 92.2 Å². The number of anilines is 1. The van der Waals surface area contributed by atoms with Crippen LogP contribution in [-0.2, 0) is 20.7 Å². The van der Waals surface area contributed by atoms with Gasteiger partial charge in [0.05, 0.1) is 18.2 Å². The number of hydrogen-bond acceptors (Lipinski definition) is 3. The van der Waals surface area contributed by atoms with Crippen molar-refractivity contribution in [3.05, 3.63) is 22.3 Å². The van der Waals surface area contributed by atoms with Gasteiger partial charge >= 0.3 is 5.97 Å². The fourth-order valence-electron chi connectivity index (χ4n) is 2.46. The molecule has 23 heavy (non-hydrogen) atoms. The van der Waals surface area contributed by atoms with Crippen molar-refractivity contribution in [2.75, 3.05) is 24.7 Å². The summed E-state index contributed by atoms with van der Waals surface area (Å²) < 4.78 is 8.21. The Labute approximate surface area is 175 Å². The molecule has 0 saturated carbocycles. The van der Waals surface area contributed by atoms with Gasteiger partial charge in [0.2, 0.25) is 0 Å². The number of aliphatic carboxylic acids is 1. The highest BCUT2D eigenvalue weighted by Crippen LogP contribution is 2.36. The van der Waals surface area contributed by atoms with Crippen molar-refractivity contribution in [1.29, 1.82) is 0 Å². The van der Waals surface area contributed by atoms with Crippen LogP contribution in [0.4, 0.5) is 5.69 Å². The van der Waals surface area contributed by atoms with Gasteiger partial charge in [-0.2, -0.15) is 0 Å². The first kappa shape index (κ1) is 19.6. The number of ether oxygens (including phenoxy) is 1. The summed E-state index contributed by atoms with van der Waals surface area (Å²) in [6, 6.07) is 2.02. The van der Waals surface area contributed by atoms with Gasteiger partial charge in [-0.15, -0.1) is 0 Å². The number of halogens is 3. The number of morpholine rings is 1. The first-order valence-electron chi connectivity index (χ1n) is 7.14. The Balaban J connectivity index is 2.46. The number of nitrogens with zero attached hydrogens (tertiary/aromatic N) is 1. The molecular formula is C15H16I3NO4. The van der Waals surface area contributed by atoms with Crippen molar-refractivity contribution >= 4 is 85.3 Å². The standard InChI is InChI=1S/C15H16I3NO4/c1-2-8(15(21)22)5-9-10(16)6-11(17)14(13(9)18)19-3-4-23-7-12(19)20/h6,8H,2-5,7H2,1H3,(H,21,22). The first-order valence-corrected chi connectivity index (χ1v) is 10.4. The number of carbonyl (C=O) groups is 2. The molecule has 0 aromatic heterocycles. The predicted molar refractivity (Wildman–Crippen MR) is 113 cm³/mol. The Morgan fingerprint density at radius 1 is 1.39 bits per heavy atom. The molecule has 1 atom stereocenters. The Morgan fingerprint density at radius 3 is 2.65 bits per heavy atom. The molecule has 0 aliphatic carbocycles. The lowest BCUT2D eigenvalue weighted by Gasteiger charge is -2.30. The lowest BCUT2D eigenvalue weighted by molar-refractivity contribution is -0.141. The number of rotatable bonds is 5. The van der Waals surface area contributed by atoms with E-state index in [1.807, 2.05) is 13.0 Å². The highest BCUT2D eigenvalue weighted by Gasteiger charge is 2.28. The minimum Gasteiger partial charge on any atom is -0.481 e. The number of hydrogen-bond donors (Lipinski definition) is 1. The maximum atomic E-state index is 12.2. The summed E-state index contributed by atoms with van der Waals surface area (Å²) in [5.74, 6) is -1.24. The van der Waals surface area contributed by atoms with E-state index in [0.29, 0.717) is 26.0 Å². The quantitative estimate of drug-likeness (QED) is 0.494. The van der Waals surface area contributed by atoms with Crippen molar-refractivity contribution in [2.45, 2.75) is 19.8 Å². The molecule has 1 saturated heterocycles. The molecular weight excluding hydrogens is 639 g/mol. The van der Waals surface area contributed by atoms with Crippen molar-refractivity contribution in [3.8, 4) is 0 Å². The van der Waals surface area contributed by atoms with Crippen LogP contribution in [0.1, 0.15) is 18.9 Å². The summed E-state index contributed by atoms with van der Waals surface area (Å²) in [7, 11) is 0. The van der Waals surface area contributed by atoms with E-state index in [1.165, 1.54) is 0 Å². The van der Waals surface area contributed by atoms with Crippen LogP contribution in [0.5, 0.6) is 0 Å². The van der Waals surface area contributed by atoms with Crippen LogP contribution >= 0.6 is 67.8 Å². The second-order valence-corrected chi connectivity index (χ2v) is 8.63. The molecule has 1 amide bonds. The van der Waals surface area contributed by atoms with E-state index in [4.69, 9.17) is 4.74 Å². The van der Waals surface area contributed by atoms with E-state index in [2.05, 4.69) is 67.8 Å². The molecule has 1 N–H and O–H groups in total. The lowest BCUT2D eigenvalue weighted by atomic mass is 9.96. The Bertz CT molecular complexity index is 636.